The van der Waals surface area contributed by atoms with Crippen LogP contribution in [0.25, 0.3) is 0 Å². The lowest BCUT2D eigenvalue weighted by Gasteiger charge is -2.32. The maximum absolute atomic E-state index is 12.6. The average molecular weight is 527 g/mol. The molecule has 2 rings (SSSR count). The molecule has 0 bridgehead atoms. The zero-order chi connectivity index (χ0) is 21.6. The first-order valence-corrected chi connectivity index (χ1v) is 10.9. The second-order valence-electron chi connectivity index (χ2n) is 6.83. The van der Waals surface area contributed by atoms with Gasteiger partial charge in [0.2, 0.25) is 0 Å². The summed E-state index contributed by atoms with van der Waals surface area (Å²) >= 11 is 3.68. The van der Waals surface area contributed by atoms with Gasteiger partial charge in [-0.3, -0.25) is 5.32 Å². The quantitative estimate of drug-likeness (QED) is 0.244. The van der Waals surface area contributed by atoms with Crippen LogP contribution in [0.1, 0.15) is 25.5 Å². The molecular formula is C21H22INO5S. The van der Waals surface area contributed by atoms with Crippen LogP contribution < -0.4 is 5.32 Å². The molecule has 0 aliphatic rings. The summed E-state index contributed by atoms with van der Waals surface area (Å²) in [5.74, 6) is -1.15. The van der Waals surface area contributed by atoms with Crippen molar-refractivity contribution in [2.24, 2.45) is 5.41 Å². The van der Waals surface area contributed by atoms with E-state index in [1.165, 1.54) is 12.1 Å². The molecule has 0 heterocycles. The fraction of sp³-hybridized carbons (Fsp3) is 0.238. The van der Waals surface area contributed by atoms with E-state index in [-0.39, 0.29) is 5.75 Å². The van der Waals surface area contributed by atoms with E-state index < -0.39 is 23.6 Å². The number of benzene rings is 2. The van der Waals surface area contributed by atoms with Crippen LogP contribution in [0.3, 0.4) is 0 Å². The highest BCUT2D eigenvalue weighted by Crippen LogP contribution is 2.42. The van der Waals surface area contributed by atoms with Crippen molar-refractivity contribution in [3.63, 3.8) is 0 Å². The number of phenolic OH excluding ortho intramolecular Hbond substituents is 1. The Bertz CT molecular complexity index is 912. The largest absolute Gasteiger partial charge is 0.508 e. The van der Waals surface area contributed by atoms with Gasteiger partial charge in [-0.05, 0) is 71.3 Å². The van der Waals surface area contributed by atoms with Crippen molar-refractivity contribution in [1.29, 1.82) is 0 Å². The number of hydrogen-bond acceptors (Lipinski definition) is 5. The van der Waals surface area contributed by atoms with Crippen LogP contribution in [0.15, 0.2) is 59.5 Å². The number of carboxylic acids is 1. The van der Waals surface area contributed by atoms with E-state index in [0.29, 0.717) is 11.3 Å². The molecule has 3 N–H and O–H groups in total. The number of aromatic hydroxyl groups is 1. The number of ether oxygens (including phenoxy) is 1. The molecule has 0 spiro atoms. The third-order valence-corrected chi connectivity index (χ3v) is 5.58. The maximum atomic E-state index is 12.6. The Kier molecular flexibility index (Phi) is 7.97. The van der Waals surface area contributed by atoms with E-state index in [1.807, 2.05) is 18.4 Å². The van der Waals surface area contributed by atoms with Gasteiger partial charge in [0.1, 0.15) is 11.9 Å². The molecule has 154 valence electrons. The standard InChI is InChI=1S/C21H22INO5S/c1-21(2,11-10-18(25)26)19(16-12-13(22)4-9-17(16)24)28-20(27)23-14-5-7-15(29-3)8-6-14/h4-12,19,24H,1-3H3,(H,23,27)(H,25,26)/b11-10+/t19-/m0/s1. The smallest absolute Gasteiger partial charge is 0.412 e. The summed E-state index contributed by atoms with van der Waals surface area (Å²) in [6, 6.07) is 12.2. The summed E-state index contributed by atoms with van der Waals surface area (Å²) in [6.45, 7) is 3.47. The van der Waals surface area contributed by atoms with Crippen LogP contribution in [-0.4, -0.2) is 28.5 Å². The lowest BCUT2D eigenvalue weighted by molar-refractivity contribution is -0.131. The minimum Gasteiger partial charge on any atom is -0.508 e. The molecule has 1 atom stereocenters. The van der Waals surface area contributed by atoms with Crippen LogP contribution in [0.4, 0.5) is 10.5 Å². The molecular weight excluding hydrogens is 505 g/mol. The van der Waals surface area contributed by atoms with Gasteiger partial charge in [-0.2, -0.15) is 0 Å². The van der Waals surface area contributed by atoms with Crippen molar-refractivity contribution in [2.45, 2.75) is 24.8 Å². The number of carbonyl (C=O) groups is 2. The lowest BCUT2D eigenvalue weighted by atomic mass is 9.81. The van der Waals surface area contributed by atoms with Gasteiger partial charge in [0.15, 0.2) is 0 Å². The third-order valence-electron chi connectivity index (χ3n) is 4.16. The van der Waals surface area contributed by atoms with E-state index in [1.54, 1.807) is 49.9 Å². The van der Waals surface area contributed by atoms with Gasteiger partial charge >= 0.3 is 12.1 Å². The van der Waals surface area contributed by atoms with Gasteiger partial charge in [-0.25, -0.2) is 9.59 Å². The number of nitrogens with one attached hydrogen (secondary N) is 1. The first-order chi connectivity index (χ1) is 13.6. The van der Waals surface area contributed by atoms with Crippen LogP contribution in [0.2, 0.25) is 0 Å². The van der Waals surface area contributed by atoms with E-state index in [9.17, 15) is 14.7 Å². The molecule has 0 radical (unpaired) electrons. The van der Waals surface area contributed by atoms with Crippen LogP contribution >= 0.6 is 34.4 Å². The summed E-state index contributed by atoms with van der Waals surface area (Å²) in [5, 5.41) is 22.0. The second-order valence-corrected chi connectivity index (χ2v) is 8.96. The van der Waals surface area contributed by atoms with Gasteiger partial charge in [0.05, 0.1) is 0 Å². The zero-order valence-electron chi connectivity index (χ0n) is 16.2. The molecule has 8 heteroatoms. The highest BCUT2D eigenvalue weighted by Gasteiger charge is 2.34. The highest BCUT2D eigenvalue weighted by atomic mass is 127. The molecule has 0 unspecified atom stereocenters. The lowest BCUT2D eigenvalue weighted by Crippen LogP contribution is -2.28. The fourth-order valence-corrected chi connectivity index (χ4v) is 3.58. The molecule has 0 aromatic heterocycles. The Balaban J connectivity index is 2.32. The van der Waals surface area contributed by atoms with Crippen LogP contribution in [0.5, 0.6) is 5.75 Å². The Morgan fingerprint density at radius 1 is 1.21 bits per heavy atom. The van der Waals surface area contributed by atoms with Gasteiger partial charge in [-0.15, -0.1) is 11.8 Å². The average Bonchev–Trinajstić information content (AvgIpc) is 2.67. The van der Waals surface area contributed by atoms with Crippen LogP contribution in [-0.2, 0) is 9.53 Å². The number of phenols is 1. The Morgan fingerprint density at radius 2 is 1.86 bits per heavy atom. The first kappa shape index (κ1) is 23.1. The molecule has 1 amide bonds. The number of carboxylic acid groups (broad SMARTS) is 1. The normalized spacial score (nSPS) is 12.6. The predicted octanol–water partition coefficient (Wildman–Crippen LogP) is 5.68. The second kappa shape index (κ2) is 10.0. The molecule has 0 aliphatic carbocycles. The van der Waals surface area contributed by atoms with Crippen molar-refractivity contribution in [3.8, 4) is 5.75 Å². The molecule has 2 aromatic carbocycles. The first-order valence-electron chi connectivity index (χ1n) is 8.64. The maximum Gasteiger partial charge on any atom is 0.412 e. The number of halogens is 1. The molecule has 0 fully saturated rings. The van der Waals surface area contributed by atoms with E-state index in [0.717, 1.165) is 14.5 Å². The zero-order valence-corrected chi connectivity index (χ0v) is 19.2. The number of amides is 1. The van der Waals surface area contributed by atoms with E-state index >= 15 is 0 Å². The molecule has 6 nitrogen and oxygen atoms in total. The number of anilines is 1. The van der Waals surface area contributed by atoms with Crippen LogP contribution in [0, 0.1) is 8.99 Å². The minimum absolute atomic E-state index is 0.0376. The van der Waals surface area contributed by atoms with E-state index in [2.05, 4.69) is 27.9 Å². The summed E-state index contributed by atoms with van der Waals surface area (Å²) in [4.78, 5) is 24.6. The number of hydrogen-bond donors (Lipinski definition) is 3. The number of carbonyl (C=O) groups excluding carboxylic acids is 1. The molecule has 2 aromatic rings. The van der Waals surface area contributed by atoms with Crippen molar-refractivity contribution in [3.05, 3.63) is 63.8 Å². The van der Waals surface area contributed by atoms with Gasteiger partial charge in [-0.1, -0.05) is 19.9 Å². The fourth-order valence-electron chi connectivity index (χ4n) is 2.65. The van der Waals surface area contributed by atoms with Crippen molar-refractivity contribution >= 4 is 52.1 Å². The predicted molar refractivity (Wildman–Crippen MR) is 122 cm³/mol. The highest BCUT2D eigenvalue weighted by molar-refractivity contribution is 14.1. The van der Waals surface area contributed by atoms with Crippen molar-refractivity contribution < 1.29 is 24.5 Å². The third kappa shape index (κ3) is 6.67. The topological polar surface area (TPSA) is 95.9 Å². The summed E-state index contributed by atoms with van der Waals surface area (Å²) < 4.78 is 6.51. The summed E-state index contributed by atoms with van der Waals surface area (Å²) in [5.41, 5.74) is 0.0579. The molecule has 0 saturated heterocycles. The Morgan fingerprint density at radius 3 is 2.45 bits per heavy atom. The number of aliphatic carboxylic acids is 1. The number of rotatable bonds is 7. The molecule has 29 heavy (non-hydrogen) atoms. The van der Waals surface area contributed by atoms with Crippen molar-refractivity contribution in [1.82, 2.24) is 0 Å². The van der Waals surface area contributed by atoms with E-state index in [4.69, 9.17) is 9.84 Å². The molecule has 0 saturated carbocycles. The van der Waals surface area contributed by atoms with Crippen molar-refractivity contribution in [2.75, 3.05) is 11.6 Å². The Hall–Kier alpha value is -2.20. The van der Waals surface area contributed by atoms with Gasteiger partial charge in [0, 0.05) is 31.2 Å². The van der Waals surface area contributed by atoms with Gasteiger partial charge in [0.25, 0.3) is 0 Å². The number of thioether (sulfide) groups is 1. The summed E-state index contributed by atoms with van der Waals surface area (Å²) in [7, 11) is 0. The Labute approximate surface area is 187 Å². The molecule has 0 aliphatic heterocycles. The summed E-state index contributed by atoms with van der Waals surface area (Å²) in [6.07, 6.45) is 2.78. The SMILES string of the molecule is CSc1ccc(NC(=O)O[C@@H](c2cc(I)ccc2O)C(C)(C)/C=C/C(=O)O)cc1. The van der Waals surface area contributed by atoms with Gasteiger partial charge < -0.3 is 14.9 Å². The minimum atomic E-state index is -1.11. The monoisotopic (exact) mass is 527 g/mol.